The molecule has 0 bridgehead atoms. The van der Waals surface area contributed by atoms with Gasteiger partial charge in [-0.1, -0.05) is 18.7 Å². The fourth-order valence-electron chi connectivity index (χ4n) is 0.497. The largest absolute Gasteiger partial charge is 0.257 e. The molecule has 1 aromatic rings. The Balaban J connectivity index is 0. The van der Waals surface area contributed by atoms with Gasteiger partial charge in [-0.15, -0.1) is 19.7 Å². The molecule has 0 atom stereocenters. The summed E-state index contributed by atoms with van der Waals surface area (Å²) < 4.78 is 0. The maximum atomic E-state index is 3.98. The molecule has 0 aromatic carbocycles. The van der Waals surface area contributed by atoms with Crippen LogP contribution in [0.15, 0.2) is 56.8 Å². The van der Waals surface area contributed by atoms with E-state index in [1.165, 1.54) is 0 Å². The zero-order valence-electron chi connectivity index (χ0n) is 8.24. The summed E-state index contributed by atoms with van der Waals surface area (Å²) in [4.78, 5) is 3.98. The minimum Gasteiger partial charge on any atom is -0.257 e. The Labute approximate surface area is 81.1 Å². The van der Waals surface area contributed by atoms with Gasteiger partial charge in [-0.05, 0) is 25.1 Å². The number of aromatic nitrogens is 1. The van der Waals surface area contributed by atoms with Crippen LogP contribution in [0.4, 0.5) is 0 Å². The third kappa shape index (κ3) is 10.4. The average Bonchev–Trinajstić information content (AvgIpc) is 2.23. The van der Waals surface area contributed by atoms with Crippen LogP contribution >= 0.6 is 0 Å². The number of hydrogen-bond donors (Lipinski definition) is 0. The molecule has 0 aliphatic carbocycles. The third-order valence-electron chi connectivity index (χ3n) is 0.897. The van der Waals surface area contributed by atoms with E-state index in [1.54, 1.807) is 18.3 Å². The second-order valence-electron chi connectivity index (χ2n) is 1.87. The first kappa shape index (κ1) is 13.9. The van der Waals surface area contributed by atoms with Crippen molar-refractivity contribution in [1.82, 2.24) is 4.98 Å². The summed E-state index contributed by atoms with van der Waals surface area (Å²) in [6.07, 6.45) is 5.22. The lowest BCUT2D eigenvalue weighted by Crippen LogP contribution is -1.73. The highest BCUT2D eigenvalue weighted by Crippen LogP contribution is 1.91. The molecule has 0 amide bonds. The first-order valence-electron chi connectivity index (χ1n) is 3.95. The first-order valence-corrected chi connectivity index (χ1v) is 3.95. The molecule has 0 aliphatic rings. The number of rotatable bonds is 1. The van der Waals surface area contributed by atoms with Gasteiger partial charge in [0, 0.05) is 6.20 Å². The standard InChI is InChI=1S/C7H7N.C3H6.C2H4/c1-2-7-5-3-4-6-8-7;1-3-2;1-2/h2-6H,1H2;3H,1H2,2H3;1-2H2. The normalized spacial score (nSPS) is 6.54. The van der Waals surface area contributed by atoms with Crippen LogP contribution in [-0.4, -0.2) is 4.98 Å². The minimum absolute atomic E-state index is 0.924. The Morgan fingerprint density at radius 2 is 1.77 bits per heavy atom. The second-order valence-corrected chi connectivity index (χ2v) is 1.87. The topological polar surface area (TPSA) is 12.9 Å². The number of nitrogens with zero attached hydrogens (tertiary/aromatic N) is 1. The molecule has 0 unspecified atom stereocenters. The number of hydrogen-bond acceptors (Lipinski definition) is 1. The molecule has 0 radical (unpaired) electrons. The summed E-state index contributed by atoms with van der Waals surface area (Å²) in [7, 11) is 0. The van der Waals surface area contributed by atoms with Crippen molar-refractivity contribution in [2.75, 3.05) is 0 Å². The zero-order valence-corrected chi connectivity index (χ0v) is 8.24. The Bertz CT molecular complexity index is 214. The van der Waals surface area contributed by atoms with Crippen LogP contribution in [0.5, 0.6) is 0 Å². The van der Waals surface area contributed by atoms with Gasteiger partial charge in [0.1, 0.15) is 0 Å². The van der Waals surface area contributed by atoms with E-state index in [9.17, 15) is 0 Å². The van der Waals surface area contributed by atoms with Gasteiger partial charge in [-0.2, -0.15) is 0 Å². The molecular formula is C12H17N. The smallest absolute Gasteiger partial charge is 0.0623 e. The van der Waals surface area contributed by atoms with Crippen LogP contribution in [0.25, 0.3) is 6.08 Å². The van der Waals surface area contributed by atoms with Gasteiger partial charge in [0.25, 0.3) is 0 Å². The lowest BCUT2D eigenvalue weighted by molar-refractivity contribution is 1.30. The molecular weight excluding hydrogens is 158 g/mol. The SMILES string of the molecule is C=C.C=CC.C=Cc1ccccn1. The number of allylic oxidation sites excluding steroid dienone is 1. The fourth-order valence-corrected chi connectivity index (χ4v) is 0.497. The van der Waals surface area contributed by atoms with Crippen LogP contribution in [-0.2, 0) is 0 Å². The van der Waals surface area contributed by atoms with Gasteiger partial charge in [-0.3, -0.25) is 4.98 Å². The quantitative estimate of drug-likeness (QED) is 0.593. The van der Waals surface area contributed by atoms with Crippen LogP contribution < -0.4 is 0 Å². The predicted octanol–water partition coefficient (Wildman–Crippen LogP) is 3.72. The average molecular weight is 175 g/mol. The van der Waals surface area contributed by atoms with Crippen molar-refractivity contribution in [3.8, 4) is 0 Å². The van der Waals surface area contributed by atoms with Gasteiger partial charge in [-0.25, -0.2) is 0 Å². The maximum Gasteiger partial charge on any atom is 0.0623 e. The van der Waals surface area contributed by atoms with E-state index in [0.717, 1.165) is 5.69 Å². The molecule has 0 saturated heterocycles. The molecule has 1 heteroatoms. The van der Waals surface area contributed by atoms with Gasteiger partial charge in [0.15, 0.2) is 0 Å². The third-order valence-corrected chi connectivity index (χ3v) is 0.897. The first-order chi connectivity index (χ1) is 6.35. The number of pyridine rings is 1. The van der Waals surface area contributed by atoms with E-state index >= 15 is 0 Å². The molecule has 1 nitrogen and oxygen atoms in total. The van der Waals surface area contributed by atoms with Crippen molar-refractivity contribution >= 4 is 6.08 Å². The van der Waals surface area contributed by atoms with E-state index in [0.29, 0.717) is 0 Å². The Hall–Kier alpha value is -1.63. The van der Waals surface area contributed by atoms with Crippen molar-refractivity contribution in [1.29, 1.82) is 0 Å². The Morgan fingerprint density at radius 1 is 1.23 bits per heavy atom. The molecule has 0 aliphatic heterocycles. The molecule has 1 heterocycles. The van der Waals surface area contributed by atoms with Crippen LogP contribution in [0.1, 0.15) is 12.6 Å². The minimum atomic E-state index is 0.924. The van der Waals surface area contributed by atoms with E-state index in [2.05, 4.69) is 31.3 Å². The van der Waals surface area contributed by atoms with E-state index in [1.807, 2.05) is 25.1 Å². The predicted molar refractivity (Wildman–Crippen MR) is 61.5 cm³/mol. The highest BCUT2D eigenvalue weighted by Gasteiger charge is 1.77. The zero-order chi connectivity index (χ0) is 10.5. The highest BCUT2D eigenvalue weighted by atomic mass is 14.6. The molecule has 1 rings (SSSR count). The summed E-state index contributed by atoms with van der Waals surface area (Å²) in [6, 6.07) is 5.73. The van der Waals surface area contributed by atoms with Crippen LogP contribution in [0.2, 0.25) is 0 Å². The summed E-state index contributed by atoms with van der Waals surface area (Å²) in [5.74, 6) is 0. The monoisotopic (exact) mass is 175 g/mol. The summed E-state index contributed by atoms with van der Waals surface area (Å²) in [6.45, 7) is 14.8. The molecule has 0 fully saturated rings. The van der Waals surface area contributed by atoms with E-state index in [-0.39, 0.29) is 0 Å². The van der Waals surface area contributed by atoms with Crippen LogP contribution in [0.3, 0.4) is 0 Å². The van der Waals surface area contributed by atoms with Gasteiger partial charge < -0.3 is 0 Å². The van der Waals surface area contributed by atoms with Gasteiger partial charge >= 0.3 is 0 Å². The Kier molecular flexibility index (Phi) is 13.9. The van der Waals surface area contributed by atoms with E-state index < -0.39 is 0 Å². The lowest BCUT2D eigenvalue weighted by atomic mass is 10.4. The van der Waals surface area contributed by atoms with E-state index in [4.69, 9.17) is 0 Å². The van der Waals surface area contributed by atoms with Crippen LogP contribution in [0, 0.1) is 0 Å². The summed E-state index contributed by atoms with van der Waals surface area (Å²) >= 11 is 0. The molecule has 13 heavy (non-hydrogen) atoms. The highest BCUT2D eigenvalue weighted by molar-refractivity contribution is 5.40. The summed E-state index contributed by atoms with van der Waals surface area (Å²) in [5, 5.41) is 0. The molecule has 70 valence electrons. The molecule has 1 aromatic heterocycles. The molecule has 0 saturated carbocycles. The van der Waals surface area contributed by atoms with Crippen molar-refractivity contribution < 1.29 is 0 Å². The van der Waals surface area contributed by atoms with Crippen molar-refractivity contribution in [2.24, 2.45) is 0 Å². The van der Waals surface area contributed by atoms with Gasteiger partial charge in [0.2, 0.25) is 0 Å². The van der Waals surface area contributed by atoms with Crippen molar-refractivity contribution in [3.63, 3.8) is 0 Å². The Morgan fingerprint density at radius 3 is 2.00 bits per heavy atom. The molecule has 0 N–H and O–H groups in total. The van der Waals surface area contributed by atoms with Crippen molar-refractivity contribution in [3.05, 3.63) is 62.5 Å². The summed E-state index contributed by atoms with van der Waals surface area (Å²) in [5.41, 5.74) is 0.924. The molecule has 0 spiro atoms. The fraction of sp³-hybridized carbons (Fsp3) is 0.0833. The van der Waals surface area contributed by atoms with Gasteiger partial charge in [0.05, 0.1) is 5.69 Å². The maximum absolute atomic E-state index is 3.98. The second kappa shape index (κ2) is 13.0. The van der Waals surface area contributed by atoms with Crippen molar-refractivity contribution in [2.45, 2.75) is 6.92 Å². The lowest BCUT2D eigenvalue weighted by Gasteiger charge is -1.84.